The third kappa shape index (κ3) is 6.22. The van der Waals surface area contributed by atoms with Crippen molar-refractivity contribution in [2.24, 2.45) is 5.73 Å². The van der Waals surface area contributed by atoms with Crippen LogP contribution in [0.1, 0.15) is 24.1 Å². The lowest BCUT2D eigenvalue weighted by Crippen LogP contribution is -2.22. The molecule has 0 aliphatic heterocycles. The Labute approximate surface area is 150 Å². The van der Waals surface area contributed by atoms with Crippen molar-refractivity contribution in [2.45, 2.75) is 19.5 Å². The monoisotopic (exact) mass is 398 g/mol. The van der Waals surface area contributed by atoms with E-state index in [1.165, 1.54) is 5.56 Å². The van der Waals surface area contributed by atoms with E-state index >= 15 is 0 Å². The molecule has 1 unspecified atom stereocenters. The molecule has 124 valence electrons. The Kier molecular flexibility index (Phi) is 8.09. The molecule has 3 N–H and O–H groups in total. The fourth-order valence-corrected chi connectivity index (χ4v) is 2.51. The lowest BCUT2D eigenvalue weighted by Gasteiger charge is -2.16. The number of nitrogens with one attached hydrogen (secondary N) is 1. The molecule has 1 amide bonds. The second-order valence-electron chi connectivity index (χ2n) is 5.02. The molecule has 2 rings (SSSR count). The third-order valence-electron chi connectivity index (χ3n) is 3.29. The maximum atomic E-state index is 10.9. The summed E-state index contributed by atoms with van der Waals surface area (Å²) in [5.41, 5.74) is 7.32. The SMILES string of the molecule is CC(NCc1cc(Br)ccc1OCC(N)=O)c1ccccc1.Cl. The van der Waals surface area contributed by atoms with Gasteiger partial charge in [-0.2, -0.15) is 0 Å². The highest BCUT2D eigenvalue weighted by molar-refractivity contribution is 9.10. The molecule has 0 saturated heterocycles. The summed E-state index contributed by atoms with van der Waals surface area (Å²) < 4.78 is 6.42. The predicted octanol–water partition coefficient (Wildman–Crippen LogP) is 3.59. The molecule has 2 aromatic rings. The molecule has 6 heteroatoms. The van der Waals surface area contributed by atoms with Crippen LogP contribution in [-0.2, 0) is 11.3 Å². The molecule has 0 fully saturated rings. The number of rotatable bonds is 7. The molecule has 0 spiro atoms. The first kappa shape index (κ1) is 19.5. The number of carbonyl (C=O) groups is 1. The lowest BCUT2D eigenvalue weighted by molar-refractivity contribution is -0.119. The average Bonchev–Trinajstić information content (AvgIpc) is 2.52. The maximum Gasteiger partial charge on any atom is 0.255 e. The summed E-state index contributed by atoms with van der Waals surface area (Å²) in [6.45, 7) is 2.61. The molecule has 2 aromatic carbocycles. The summed E-state index contributed by atoms with van der Waals surface area (Å²) >= 11 is 3.45. The van der Waals surface area contributed by atoms with Crippen molar-refractivity contribution < 1.29 is 9.53 Å². The van der Waals surface area contributed by atoms with Gasteiger partial charge in [-0.25, -0.2) is 0 Å². The molecule has 23 heavy (non-hydrogen) atoms. The second-order valence-corrected chi connectivity index (χ2v) is 5.94. The van der Waals surface area contributed by atoms with Gasteiger partial charge in [0.2, 0.25) is 0 Å². The van der Waals surface area contributed by atoms with Crippen LogP contribution < -0.4 is 15.8 Å². The van der Waals surface area contributed by atoms with Crippen LogP contribution in [0.3, 0.4) is 0 Å². The van der Waals surface area contributed by atoms with Gasteiger partial charge < -0.3 is 15.8 Å². The largest absolute Gasteiger partial charge is 0.483 e. The Bertz CT molecular complexity index is 638. The van der Waals surface area contributed by atoms with E-state index in [9.17, 15) is 4.79 Å². The minimum Gasteiger partial charge on any atom is -0.483 e. The zero-order valence-corrected chi connectivity index (χ0v) is 15.2. The van der Waals surface area contributed by atoms with Gasteiger partial charge in [-0.15, -0.1) is 12.4 Å². The molecule has 0 saturated carbocycles. The molecule has 4 nitrogen and oxygen atoms in total. The van der Waals surface area contributed by atoms with E-state index in [1.807, 2.05) is 36.4 Å². The Hall–Kier alpha value is -1.56. The van der Waals surface area contributed by atoms with Gasteiger partial charge in [-0.1, -0.05) is 46.3 Å². The van der Waals surface area contributed by atoms with E-state index in [4.69, 9.17) is 10.5 Å². The van der Waals surface area contributed by atoms with E-state index in [2.05, 4.69) is 40.3 Å². The van der Waals surface area contributed by atoms with E-state index in [1.54, 1.807) is 0 Å². The summed E-state index contributed by atoms with van der Waals surface area (Å²) in [4.78, 5) is 10.9. The van der Waals surface area contributed by atoms with Crippen LogP contribution in [0.25, 0.3) is 0 Å². The second kappa shape index (κ2) is 9.55. The smallest absolute Gasteiger partial charge is 0.255 e. The molecule has 0 bridgehead atoms. The van der Waals surface area contributed by atoms with E-state index in [0.717, 1.165) is 10.0 Å². The Morgan fingerprint density at radius 2 is 1.96 bits per heavy atom. The maximum absolute atomic E-state index is 10.9. The number of halogens is 2. The number of carbonyl (C=O) groups excluding carboxylic acids is 1. The molecular formula is C17H20BrClN2O2. The number of hydrogen-bond acceptors (Lipinski definition) is 3. The first-order valence-corrected chi connectivity index (χ1v) is 7.83. The molecular weight excluding hydrogens is 380 g/mol. The van der Waals surface area contributed by atoms with Gasteiger partial charge >= 0.3 is 0 Å². The Morgan fingerprint density at radius 1 is 1.26 bits per heavy atom. The van der Waals surface area contributed by atoms with Crippen LogP contribution in [0.2, 0.25) is 0 Å². The van der Waals surface area contributed by atoms with Crippen molar-refractivity contribution in [1.29, 1.82) is 0 Å². The van der Waals surface area contributed by atoms with Crippen LogP contribution in [0.5, 0.6) is 5.75 Å². The Morgan fingerprint density at radius 3 is 2.61 bits per heavy atom. The average molecular weight is 400 g/mol. The summed E-state index contributed by atoms with van der Waals surface area (Å²) in [6, 6.07) is 16.1. The van der Waals surface area contributed by atoms with Crippen LogP contribution in [0.4, 0.5) is 0 Å². The molecule has 0 aliphatic rings. The van der Waals surface area contributed by atoms with Gasteiger partial charge in [0, 0.05) is 22.6 Å². The predicted molar refractivity (Wildman–Crippen MR) is 97.8 cm³/mol. The van der Waals surface area contributed by atoms with Crippen molar-refractivity contribution in [3.05, 3.63) is 64.1 Å². The number of amides is 1. The Balaban J connectivity index is 0.00000264. The molecule has 0 aliphatic carbocycles. The summed E-state index contributed by atoms with van der Waals surface area (Å²) in [6.07, 6.45) is 0. The van der Waals surface area contributed by atoms with E-state index in [-0.39, 0.29) is 25.1 Å². The molecule has 0 heterocycles. The van der Waals surface area contributed by atoms with Gasteiger partial charge in [0.1, 0.15) is 5.75 Å². The topological polar surface area (TPSA) is 64.3 Å². The first-order chi connectivity index (χ1) is 10.6. The standard InChI is InChI=1S/C17H19BrN2O2.ClH/c1-12(13-5-3-2-4-6-13)20-10-14-9-15(18)7-8-16(14)22-11-17(19)21;/h2-9,12,20H,10-11H2,1H3,(H2,19,21);1H. The fraction of sp³-hybridized carbons (Fsp3) is 0.235. The van der Waals surface area contributed by atoms with Crippen molar-refractivity contribution in [2.75, 3.05) is 6.61 Å². The summed E-state index contributed by atoms with van der Waals surface area (Å²) in [5, 5.41) is 3.45. The van der Waals surface area contributed by atoms with Gasteiger partial charge in [0.15, 0.2) is 6.61 Å². The summed E-state index contributed by atoms with van der Waals surface area (Å²) in [5.74, 6) is 0.175. The minimum atomic E-state index is -0.487. The highest BCUT2D eigenvalue weighted by atomic mass is 79.9. The quantitative estimate of drug-likeness (QED) is 0.748. The van der Waals surface area contributed by atoms with Crippen LogP contribution in [0, 0.1) is 0 Å². The van der Waals surface area contributed by atoms with Crippen LogP contribution >= 0.6 is 28.3 Å². The van der Waals surface area contributed by atoms with Gasteiger partial charge in [-0.3, -0.25) is 4.79 Å². The zero-order chi connectivity index (χ0) is 15.9. The number of hydrogen-bond donors (Lipinski definition) is 2. The summed E-state index contributed by atoms with van der Waals surface area (Å²) in [7, 11) is 0. The van der Waals surface area contributed by atoms with Crippen molar-refractivity contribution >= 4 is 34.2 Å². The van der Waals surface area contributed by atoms with Gasteiger partial charge in [0.25, 0.3) is 5.91 Å². The van der Waals surface area contributed by atoms with Crippen molar-refractivity contribution in [1.82, 2.24) is 5.32 Å². The number of ether oxygens (including phenoxy) is 1. The molecule has 0 radical (unpaired) electrons. The molecule has 1 atom stereocenters. The number of primary amides is 1. The lowest BCUT2D eigenvalue weighted by atomic mass is 10.1. The first-order valence-electron chi connectivity index (χ1n) is 7.04. The highest BCUT2D eigenvalue weighted by Crippen LogP contribution is 2.24. The van der Waals surface area contributed by atoms with Crippen LogP contribution in [-0.4, -0.2) is 12.5 Å². The number of benzene rings is 2. The van der Waals surface area contributed by atoms with Crippen molar-refractivity contribution in [3.8, 4) is 5.75 Å². The fourth-order valence-electron chi connectivity index (χ4n) is 2.10. The third-order valence-corrected chi connectivity index (χ3v) is 3.78. The van der Waals surface area contributed by atoms with E-state index in [0.29, 0.717) is 12.3 Å². The highest BCUT2D eigenvalue weighted by Gasteiger charge is 2.09. The normalized spacial score (nSPS) is 11.4. The number of nitrogens with two attached hydrogens (primary N) is 1. The zero-order valence-electron chi connectivity index (χ0n) is 12.8. The molecule has 0 aromatic heterocycles. The van der Waals surface area contributed by atoms with Gasteiger partial charge in [0.05, 0.1) is 0 Å². The van der Waals surface area contributed by atoms with Crippen molar-refractivity contribution in [3.63, 3.8) is 0 Å². The van der Waals surface area contributed by atoms with Crippen LogP contribution in [0.15, 0.2) is 53.0 Å². The van der Waals surface area contributed by atoms with Gasteiger partial charge in [-0.05, 0) is 30.7 Å². The van der Waals surface area contributed by atoms with E-state index < -0.39 is 5.91 Å². The minimum absolute atomic E-state index is 0.